The van der Waals surface area contributed by atoms with E-state index < -0.39 is 11.9 Å². The zero-order valence-electron chi connectivity index (χ0n) is 12.7. The van der Waals surface area contributed by atoms with Crippen LogP contribution in [0.5, 0.6) is 0 Å². The fraction of sp³-hybridized carbons (Fsp3) is 0.222. The third-order valence-electron chi connectivity index (χ3n) is 3.85. The van der Waals surface area contributed by atoms with Crippen molar-refractivity contribution in [1.82, 2.24) is 0 Å². The van der Waals surface area contributed by atoms with E-state index in [1.165, 1.54) is 12.1 Å². The standard InChI is InChI=1S/C18H17ClO4/c1-2-11-4-3-5-12(16(11)10-19)8-13-6-7-14(17(20)21)9-15(13)18(22)23/h3-7,9H,2,8,10H2,1H3,(H,20,21)(H,22,23). The lowest BCUT2D eigenvalue weighted by atomic mass is 9.92. The number of rotatable bonds is 6. The normalized spacial score (nSPS) is 10.5. The number of alkyl halides is 1. The predicted octanol–water partition coefficient (Wildman–Crippen LogP) is 3.98. The number of carboxylic acid groups (broad SMARTS) is 2. The molecule has 2 rings (SSSR count). The first-order valence-corrected chi connectivity index (χ1v) is 7.76. The van der Waals surface area contributed by atoms with E-state index >= 15 is 0 Å². The number of hydrogen-bond donors (Lipinski definition) is 2. The number of hydrogen-bond acceptors (Lipinski definition) is 2. The molecule has 0 aliphatic heterocycles. The third-order valence-corrected chi connectivity index (χ3v) is 4.12. The van der Waals surface area contributed by atoms with Crippen LogP contribution >= 0.6 is 11.6 Å². The zero-order chi connectivity index (χ0) is 17.0. The molecule has 0 fully saturated rings. The summed E-state index contributed by atoms with van der Waals surface area (Å²) in [6.07, 6.45) is 1.25. The van der Waals surface area contributed by atoms with Gasteiger partial charge in [0.15, 0.2) is 0 Å². The van der Waals surface area contributed by atoms with Gasteiger partial charge >= 0.3 is 11.9 Å². The summed E-state index contributed by atoms with van der Waals surface area (Å²) in [5.74, 6) is -1.93. The molecule has 23 heavy (non-hydrogen) atoms. The van der Waals surface area contributed by atoms with Crippen molar-refractivity contribution in [3.05, 3.63) is 69.8 Å². The van der Waals surface area contributed by atoms with Crippen LogP contribution in [0.4, 0.5) is 0 Å². The summed E-state index contributed by atoms with van der Waals surface area (Å²) in [5.41, 5.74) is 3.65. The fourth-order valence-corrected chi connectivity index (χ4v) is 2.97. The molecule has 0 aromatic heterocycles. The molecule has 0 radical (unpaired) electrons. The lowest BCUT2D eigenvalue weighted by molar-refractivity contribution is 0.0695. The topological polar surface area (TPSA) is 74.6 Å². The number of benzene rings is 2. The van der Waals surface area contributed by atoms with E-state index in [0.717, 1.165) is 23.1 Å². The van der Waals surface area contributed by atoms with Crippen molar-refractivity contribution >= 4 is 23.5 Å². The van der Waals surface area contributed by atoms with E-state index in [0.29, 0.717) is 17.9 Å². The van der Waals surface area contributed by atoms with E-state index in [4.69, 9.17) is 16.7 Å². The second-order valence-corrected chi connectivity index (χ2v) is 5.47. The first kappa shape index (κ1) is 17.0. The van der Waals surface area contributed by atoms with Crippen LogP contribution in [0.15, 0.2) is 36.4 Å². The maximum absolute atomic E-state index is 11.4. The maximum Gasteiger partial charge on any atom is 0.336 e. The number of carboxylic acids is 2. The molecule has 0 heterocycles. The number of aromatic carboxylic acids is 2. The van der Waals surface area contributed by atoms with Crippen LogP contribution < -0.4 is 0 Å². The monoisotopic (exact) mass is 332 g/mol. The minimum atomic E-state index is -1.14. The smallest absolute Gasteiger partial charge is 0.336 e. The average molecular weight is 333 g/mol. The fourth-order valence-electron chi connectivity index (χ4n) is 2.62. The summed E-state index contributed by atoms with van der Waals surface area (Å²) in [6, 6.07) is 10.0. The molecule has 0 atom stereocenters. The Bertz CT molecular complexity index is 753. The number of halogens is 1. The summed E-state index contributed by atoms with van der Waals surface area (Å²) in [5, 5.41) is 18.4. The summed E-state index contributed by atoms with van der Waals surface area (Å²) in [4.78, 5) is 22.5. The summed E-state index contributed by atoms with van der Waals surface area (Å²) in [7, 11) is 0. The summed E-state index contributed by atoms with van der Waals surface area (Å²) in [6.45, 7) is 2.04. The molecule has 0 amide bonds. The molecule has 5 heteroatoms. The Morgan fingerprint density at radius 3 is 2.26 bits per heavy atom. The molecule has 4 nitrogen and oxygen atoms in total. The van der Waals surface area contributed by atoms with E-state index in [9.17, 15) is 14.7 Å². The van der Waals surface area contributed by atoms with Crippen molar-refractivity contribution in [1.29, 1.82) is 0 Å². The highest BCUT2D eigenvalue weighted by Gasteiger charge is 2.16. The SMILES string of the molecule is CCc1cccc(Cc2ccc(C(=O)O)cc2C(=O)O)c1CCl. The Morgan fingerprint density at radius 1 is 1.00 bits per heavy atom. The quantitative estimate of drug-likeness (QED) is 0.785. The third kappa shape index (κ3) is 3.71. The van der Waals surface area contributed by atoms with Crippen molar-refractivity contribution in [2.24, 2.45) is 0 Å². The molecule has 120 valence electrons. The van der Waals surface area contributed by atoms with Crippen LogP contribution in [0, 0.1) is 0 Å². The lowest BCUT2D eigenvalue weighted by Gasteiger charge is -2.13. The number of aryl methyl sites for hydroxylation is 1. The molecule has 2 aromatic carbocycles. The molecule has 2 N–H and O–H groups in total. The largest absolute Gasteiger partial charge is 0.478 e. The number of carbonyl (C=O) groups is 2. The second kappa shape index (κ2) is 7.29. The average Bonchev–Trinajstić information content (AvgIpc) is 2.54. The second-order valence-electron chi connectivity index (χ2n) is 5.20. The molecule has 2 aromatic rings. The van der Waals surface area contributed by atoms with Crippen LogP contribution in [0.1, 0.15) is 49.9 Å². The molecule has 0 saturated carbocycles. The highest BCUT2D eigenvalue weighted by Crippen LogP contribution is 2.23. The minimum Gasteiger partial charge on any atom is -0.478 e. The Hall–Kier alpha value is -2.33. The Morgan fingerprint density at radius 2 is 1.70 bits per heavy atom. The van der Waals surface area contributed by atoms with Gasteiger partial charge in [-0.05, 0) is 47.2 Å². The van der Waals surface area contributed by atoms with Gasteiger partial charge in [-0.2, -0.15) is 0 Å². The Kier molecular flexibility index (Phi) is 5.40. The van der Waals surface area contributed by atoms with E-state index in [-0.39, 0.29) is 11.1 Å². The first-order valence-electron chi connectivity index (χ1n) is 7.23. The zero-order valence-corrected chi connectivity index (χ0v) is 13.4. The van der Waals surface area contributed by atoms with Crippen LogP contribution in [0.25, 0.3) is 0 Å². The van der Waals surface area contributed by atoms with E-state index in [1.54, 1.807) is 6.07 Å². The van der Waals surface area contributed by atoms with Crippen molar-refractivity contribution in [3.8, 4) is 0 Å². The Labute approximate surface area is 139 Å². The summed E-state index contributed by atoms with van der Waals surface area (Å²) >= 11 is 6.06. The van der Waals surface area contributed by atoms with Gasteiger partial charge in [0, 0.05) is 5.88 Å². The van der Waals surface area contributed by atoms with E-state index in [1.807, 2.05) is 25.1 Å². The van der Waals surface area contributed by atoms with Gasteiger partial charge < -0.3 is 10.2 Å². The highest BCUT2D eigenvalue weighted by atomic mass is 35.5. The van der Waals surface area contributed by atoms with E-state index in [2.05, 4.69) is 0 Å². The molecule has 0 bridgehead atoms. The lowest BCUT2D eigenvalue weighted by Crippen LogP contribution is -2.08. The van der Waals surface area contributed by atoms with Crippen LogP contribution in [0.2, 0.25) is 0 Å². The molecule has 0 aliphatic rings. The van der Waals surface area contributed by atoms with Crippen LogP contribution in [-0.2, 0) is 18.7 Å². The van der Waals surface area contributed by atoms with Crippen LogP contribution in [-0.4, -0.2) is 22.2 Å². The van der Waals surface area contributed by atoms with Crippen molar-refractivity contribution in [3.63, 3.8) is 0 Å². The van der Waals surface area contributed by atoms with Gasteiger partial charge in [-0.15, -0.1) is 11.6 Å². The molecule has 0 unspecified atom stereocenters. The maximum atomic E-state index is 11.4. The molecule has 0 saturated heterocycles. The molecule has 0 aliphatic carbocycles. The van der Waals surface area contributed by atoms with Gasteiger partial charge in [0.1, 0.15) is 0 Å². The van der Waals surface area contributed by atoms with Gasteiger partial charge in [-0.25, -0.2) is 9.59 Å². The van der Waals surface area contributed by atoms with Crippen molar-refractivity contribution < 1.29 is 19.8 Å². The van der Waals surface area contributed by atoms with Gasteiger partial charge in [0.2, 0.25) is 0 Å². The van der Waals surface area contributed by atoms with Gasteiger partial charge in [-0.3, -0.25) is 0 Å². The van der Waals surface area contributed by atoms with Crippen molar-refractivity contribution in [2.75, 3.05) is 0 Å². The van der Waals surface area contributed by atoms with Gasteiger partial charge in [0.25, 0.3) is 0 Å². The highest BCUT2D eigenvalue weighted by molar-refractivity contribution is 6.17. The van der Waals surface area contributed by atoms with Gasteiger partial charge in [0.05, 0.1) is 11.1 Å². The molecular formula is C18H17ClO4. The molecule has 0 spiro atoms. The Balaban J connectivity index is 2.48. The van der Waals surface area contributed by atoms with Crippen molar-refractivity contribution in [2.45, 2.75) is 25.6 Å². The molecular weight excluding hydrogens is 316 g/mol. The van der Waals surface area contributed by atoms with Crippen LogP contribution in [0.3, 0.4) is 0 Å². The summed E-state index contributed by atoms with van der Waals surface area (Å²) < 4.78 is 0. The predicted molar refractivity (Wildman–Crippen MR) is 88.5 cm³/mol. The minimum absolute atomic E-state index is 0.00678. The van der Waals surface area contributed by atoms with Gasteiger partial charge in [-0.1, -0.05) is 31.2 Å². The first-order chi connectivity index (χ1) is 11.0.